The number of aryl methyl sites for hydroxylation is 2. The highest BCUT2D eigenvalue weighted by Gasteiger charge is 2.29. The van der Waals surface area contributed by atoms with E-state index in [1.54, 1.807) is 18.3 Å². The molecule has 1 aliphatic carbocycles. The second kappa shape index (κ2) is 8.32. The minimum absolute atomic E-state index is 0.0198. The van der Waals surface area contributed by atoms with E-state index in [1.807, 2.05) is 30.0 Å². The number of carbonyl (C=O) groups excluding carboxylic acids is 2. The smallest absolute Gasteiger partial charge is 0.227 e. The third-order valence-electron chi connectivity index (χ3n) is 5.68. The van der Waals surface area contributed by atoms with E-state index in [0.29, 0.717) is 10.7 Å². The van der Waals surface area contributed by atoms with E-state index in [1.165, 1.54) is 4.88 Å². The number of amides is 2. The predicted molar refractivity (Wildman–Crippen MR) is 117 cm³/mol. The molecule has 0 spiro atoms. The van der Waals surface area contributed by atoms with Gasteiger partial charge in [0.25, 0.3) is 0 Å². The Bertz CT molecular complexity index is 937. The molecule has 6 nitrogen and oxygen atoms in total. The van der Waals surface area contributed by atoms with Gasteiger partial charge >= 0.3 is 0 Å². The van der Waals surface area contributed by atoms with Gasteiger partial charge in [0.15, 0.2) is 5.13 Å². The summed E-state index contributed by atoms with van der Waals surface area (Å²) in [5, 5.41) is 4.57. The highest BCUT2D eigenvalue weighted by molar-refractivity contribution is 7.15. The summed E-state index contributed by atoms with van der Waals surface area (Å²) < 4.78 is 0. The van der Waals surface area contributed by atoms with Crippen molar-refractivity contribution in [1.29, 1.82) is 0 Å². The Morgan fingerprint density at radius 2 is 2.00 bits per heavy atom. The molecule has 1 aromatic carbocycles. The van der Waals surface area contributed by atoms with Gasteiger partial charge in [-0.1, -0.05) is 17.7 Å². The molecule has 0 unspecified atom stereocenters. The molecule has 2 amide bonds. The maximum Gasteiger partial charge on any atom is 0.227 e. The number of carbonyl (C=O) groups is 2. The van der Waals surface area contributed by atoms with E-state index in [9.17, 15) is 9.59 Å². The first-order chi connectivity index (χ1) is 13.9. The van der Waals surface area contributed by atoms with Crippen LogP contribution in [0.25, 0.3) is 0 Å². The number of nitrogens with zero attached hydrogens (tertiary/aromatic N) is 3. The molecule has 4 rings (SSSR count). The lowest BCUT2D eigenvalue weighted by molar-refractivity contribution is -0.129. The van der Waals surface area contributed by atoms with Crippen LogP contribution in [0.15, 0.2) is 18.2 Å². The van der Waals surface area contributed by atoms with Gasteiger partial charge in [0.2, 0.25) is 11.8 Å². The van der Waals surface area contributed by atoms with Crippen molar-refractivity contribution in [1.82, 2.24) is 9.88 Å². The summed E-state index contributed by atoms with van der Waals surface area (Å²) in [5.74, 6) is 0.0831. The third kappa shape index (κ3) is 4.41. The molecule has 1 aliphatic heterocycles. The van der Waals surface area contributed by atoms with Crippen LogP contribution >= 0.6 is 22.9 Å². The van der Waals surface area contributed by atoms with Crippen molar-refractivity contribution in [3.8, 4) is 0 Å². The number of aromatic nitrogens is 1. The zero-order chi connectivity index (χ0) is 20.5. The number of anilines is 2. The third-order valence-corrected chi connectivity index (χ3v) is 7.17. The summed E-state index contributed by atoms with van der Waals surface area (Å²) in [6.07, 6.45) is 2.33. The SMILES string of the molecule is CC(=O)N1CCN(c2nc3c(s2)C[C@H](C(=O)Nc2ccc(C)cc2Cl)CC3)CC1. The molecule has 2 aliphatic rings. The van der Waals surface area contributed by atoms with Crippen LogP contribution < -0.4 is 10.2 Å². The number of fused-ring (bicyclic) bond motifs is 1. The summed E-state index contributed by atoms with van der Waals surface area (Å²) in [6.45, 7) is 6.68. The fourth-order valence-electron chi connectivity index (χ4n) is 3.89. The Morgan fingerprint density at radius 1 is 1.24 bits per heavy atom. The maximum absolute atomic E-state index is 12.8. The average molecular weight is 433 g/mol. The second-order valence-corrected chi connectivity index (χ2v) is 9.24. The standard InChI is InChI=1S/C21H25ClN4O2S/c1-13-3-5-17(16(22)11-13)23-20(28)15-4-6-18-19(12-15)29-21(24-18)26-9-7-25(8-10-26)14(2)27/h3,5,11,15H,4,6-10,12H2,1-2H3,(H,23,28)/t15-/m1/s1. The van der Waals surface area contributed by atoms with Gasteiger partial charge in [-0.05, 0) is 43.9 Å². The van der Waals surface area contributed by atoms with E-state index in [2.05, 4.69) is 10.2 Å². The van der Waals surface area contributed by atoms with Crippen molar-refractivity contribution in [2.24, 2.45) is 5.92 Å². The van der Waals surface area contributed by atoms with Crippen LogP contribution in [-0.2, 0) is 22.4 Å². The predicted octanol–water partition coefficient (Wildman–Crippen LogP) is 3.52. The summed E-state index contributed by atoms with van der Waals surface area (Å²) >= 11 is 7.95. The second-order valence-electron chi connectivity index (χ2n) is 7.77. The maximum atomic E-state index is 12.8. The fourth-order valence-corrected chi connectivity index (χ4v) is 5.41. The lowest BCUT2D eigenvalue weighted by atomic mass is 9.90. The van der Waals surface area contributed by atoms with E-state index < -0.39 is 0 Å². The van der Waals surface area contributed by atoms with Gasteiger partial charge in [0, 0.05) is 43.9 Å². The lowest BCUT2D eigenvalue weighted by Crippen LogP contribution is -2.48. The number of halogens is 1. The normalized spacial score (nSPS) is 19.1. The van der Waals surface area contributed by atoms with Crippen LogP contribution in [0.1, 0.15) is 29.5 Å². The number of rotatable bonds is 3. The van der Waals surface area contributed by atoms with Crippen LogP contribution in [0.4, 0.5) is 10.8 Å². The monoisotopic (exact) mass is 432 g/mol. The summed E-state index contributed by atoms with van der Waals surface area (Å²) in [7, 11) is 0. The van der Waals surface area contributed by atoms with E-state index >= 15 is 0 Å². The van der Waals surface area contributed by atoms with Crippen LogP contribution in [0.2, 0.25) is 5.02 Å². The van der Waals surface area contributed by atoms with Gasteiger partial charge < -0.3 is 15.1 Å². The van der Waals surface area contributed by atoms with Gasteiger partial charge in [-0.15, -0.1) is 11.3 Å². The van der Waals surface area contributed by atoms with Crippen LogP contribution in [-0.4, -0.2) is 47.9 Å². The van der Waals surface area contributed by atoms with Crippen LogP contribution in [0.5, 0.6) is 0 Å². The zero-order valence-electron chi connectivity index (χ0n) is 16.7. The van der Waals surface area contributed by atoms with Gasteiger partial charge in [-0.2, -0.15) is 0 Å². The highest BCUT2D eigenvalue weighted by Crippen LogP contribution is 2.35. The van der Waals surface area contributed by atoms with E-state index in [0.717, 1.165) is 61.8 Å². The largest absolute Gasteiger partial charge is 0.345 e. The molecule has 1 fully saturated rings. The quantitative estimate of drug-likeness (QED) is 0.805. The first-order valence-corrected chi connectivity index (χ1v) is 11.2. The molecule has 8 heteroatoms. The molecule has 0 bridgehead atoms. The van der Waals surface area contributed by atoms with Gasteiger partial charge in [0.1, 0.15) is 0 Å². The molecule has 1 aromatic heterocycles. The molecule has 154 valence electrons. The van der Waals surface area contributed by atoms with Gasteiger partial charge in [0.05, 0.1) is 16.4 Å². The Kier molecular flexibility index (Phi) is 5.79. The van der Waals surface area contributed by atoms with Crippen molar-refractivity contribution in [2.45, 2.75) is 33.1 Å². The van der Waals surface area contributed by atoms with E-state index in [-0.39, 0.29) is 17.7 Å². The fraction of sp³-hybridized carbons (Fsp3) is 0.476. The highest BCUT2D eigenvalue weighted by atomic mass is 35.5. The topological polar surface area (TPSA) is 65.5 Å². The molecule has 1 N–H and O–H groups in total. The Morgan fingerprint density at radius 3 is 2.69 bits per heavy atom. The van der Waals surface area contributed by atoms with E-state index in [4.69, 9.17) is 16.6 Å². The minimum Gasteiger partial charge on any atom is -0.345 e. The number of thiazole rings is 1. The summed E-state index contributed by atoms with van der Waals surface area (Å²) in [5.41, 5.74) is 2.86. The molecule has 29 heavy (non-hydrogen) atoms. The summed E-state index contributed by atoms with van der Waals surface area (Å²) in [4.78, 5) is 34.5. The van der Waals surface area contributed by atoms with Gasteiger partial charge in [-0.3, -0.25) is 9.59 Å². The first kappa shape index (κ1) is 20.2. The molecule has 2 heterocycles. The molecule has 0 saturated carbocycles. The number of benzene rings is 1. The van der Waals surface area contributed by atoms with Crippen molar-refractivity contribution < 1.29 is 9.59 Å². The van der Waals surface area contributed by atoms with Crippen molar-refractivity contribution in [3.63, 3.8) is 0 Å². The zero-order valence-corrected chi connectivity index (χ0v) is 18.3. The molecule has 1 saturated heterocycles. The molecular weight excluding hydrogens is 408 g/mol. The minimum atomic E-state index is -0.0669. The van der Waals surface area contributed by atoms with Crippen LogP contribution in [0, 0.1) is 12.8 Å². The van der Waals surface area contributed by atoms with Gasteiger partial charge in [-0.25, -0.2) is 4.98 Å². The summed E-state index contributed by atoms with van der Waals surface area (Å²) in [6, 6.07) is 5.66. The van der Waals surface area contributed by atoms with Crippen molar-refractivity contribution >= 4 is 45.6 Å². The number of hydrogen-bond acceptors (Lipinski definition) is 5. The molecule has 1 atom stereocenters. The Hall–Kier alpha value is -2.12. The lowest BCUT2D eigenvalue weighted by Gasteiger charge is -2.33. The number of piperazine rings is 1. The first-order valence-electron chi connectivity index (χ1n) is 9.97. The number of hydrogen-bond donors (Lipinski definition) is 1. The number of nitrogens with one attached hydrogen (secondary N) is 1. The molecule has 0 radical (unpaired) electrons. The molecule has 2 aromatic rings. The van der Waals surface area contributed by atoms with Crippen molar-refractivity contribution in [3.05, 3.63) is 39.4 Å². The Balaban J connectivity index is 1.40. The van der Waals surface area contributed by atoms with Crippen molar-refractivity contribution in [2.75, 3.05) is 36.4 Å². The molecular formula is C21H25ClN4O2S. The average Bonchev–Trinajstić information content (AvgIpc) is 3.13. The van der Waals surface area contributed by atoms with Crippen LogP contribution in [0.3, 0.4) is 0 Å². The Labute approximate surface area is 179 Å².